The molecule has 0 bridgehead atoms. The van der Waals surface area contributed by atoms with Crippen molar-refractivity contribution in [3.05, 3.63) is 178 Å². The second kappa shape index (κ2) is 36.1. The summed E-state index contributed by atoms with van der Waals surface area (Å²) < 4.78 is 41.5. The highest BCUT2D eigenvalue weighted by molar-refractivity contribution is 5.92. The van der Waals surface area contributed by atoms with E-state index in [1.165, 1.54) is 184 Å². The second-order valence-corrected chi connectivity index (χ2v) is 24.5. The number of aryl methyl sites for hydroxylation is 2. The fraction of sp³-hybridized carbons (Fsp3) is 0.506. The largest absolute Gasteiger partial charge is 0.423 e. The third-order valence-corrected chi connectivity index (χ3v) is 18.1. The Kier molecular flexibility index (Phi) is 28.1. The molecule has 83 heavy (non-hydrogen) atoms. The quantitative estimate of drug-likeness (QED) is 0.0247. The topological polar surface area (TPSA) is 52.6 Å². The number of hydrogen-bond donors (Lipinski definition) is 0. The lowest BCUT2D eigenvalue weighted by molar-refractivity contribution is 0.0724. The van der Waals surface area contributed by atoms with Gasteiger partial charge in [-0.1, -0.05) is 235 Å². The van der Waals surface area contributed by atoms with Crippen molar-refractivity contribution in [3.8, 4) is 33.8 Å². The normalized spacial score (nSPS) is 16.9. The van der Waals surface area contributed by atoms with Gasteiger partial charge >= 0.3 is 11.9 Å². The van der Waals surface area contributed by atoms with Gasteiger partial charge in [0, 0.05) is 0 Å². The maximum Gasteiger partial charge on any atom is 0.343 e. The molecule has 2 saturated carbocycles. The van der Waals surface area contributed by atoms with Gasteiger partial charge in [-0.2, -0.15) is 0 Å². The zero-order chi connectivity index (χ0) is 58.4. The standard InChI is InChI=1S/C39H51FO2.C38H49FO2/c1-3-5-7-8-9-10-12-14-31-17-21-34(22-18-31)37-28-25-35(29-38(37)40)39(41)42-36-26-23-33(24-27-36)32-19-15-30(16-20-32)13-11-6-4-2;1-3-5-7-8-9-11-13-30-16-20-33(21-17-30)36-27-24-34(28-37(36)39)38(40)41-35-25-22-32(23-26-35)31-18-14-29(15-19-31)12-10-6-4-2/h15-16,19-20,23-29,31,34H,3-14,17-18,21-22H2,1-2H3;14-15,18-19,22-28,30,33H,3-13,16-17,20-21H2,1-2H3. The summed E-state index contributed by atoms with van der Waals surface area (Å²) in [6, 6.07) is 42.2. The molecule has 0 aromatic heterocycles. The Morgan fingerprint density at radius 3 is 0.988 bits per heavy atom. The predicted octanol–water partition coefficient (Wildman–Crippen LogP) is 23.3. The van der Waals surface area contributed by atoms with Crippen molar-refractivity contribution in [1.29, 1.82) is 0 Å². The lowest BCUT2D eigenvalue weighted by Gasteiger charge is -2.29. The highest BCUT2D eigenvalue weighted by atomic mass is 19.1. The molecule has 2 aliphatic carbocycles. The Balaban J connectivity index is 0.000000239. The van der Waals surface area contributed by atoms with Crippen LogP contribution in [0.4, 0.5) is 8.78 Å². The van der Waals surface area contributed by atoms with E-state index in [2.05, 4.69) is 76.2 Å². The molecule has 446 valence electrons. The molecule has 8 rings (SSSR count). The van der Waals surface area contributed by atoms with Crippen molar-refractivity contribution in [2.45, 2.75) is 239 Å². The van der Waals surface area contributed by atoms with Crippen LogP contribution in [-0.4, -0.2) is 11.9 Å². The van der Waals surface area contributed by atoms with Crippen LogP contribution in [0.1, 0.15) is 269 Å². The maximum absolute atomic E-state index is 15.2. The Bertz CT molecular complexity index is 2780. The third kappa shape index (κ3) is 21.6. The van der Waals surface area contributed by atoms with Crippen LogP contribution in [0.25, 0.3) is 22.3 Å². The monoisotopic (exact) mass is 1130 g/mol. The van der Waals surface area contributed by atoms with Crippen LogP contribution in [0.15, 0.2) is 133 Å². The first-order valence-corrected chi connectivity index (χ1v) is 33.1. The van der Waals surface area contributed by atoms with Crippen LogP contribution < -0.4 is 9.47 Å². The molecule has 0 saturated heterocycles. The van der Waals surface area contributed by atoms with Gasteiger partial charge in [0.1, 0.15) is 23.1 Å². The average molecular weight is 1130 g/mol. The summed E-state index contributed by atoms with van der Waals surface area (Å²) in [6.07, 6.45) is 38.7. The third-order valence-electron chi connectivity index (χ3n) is 18.1. The van der Waals surface area contributed by atoms with E-state index in [4.69, 9.17) is 9.47 Å². The fourth-order valence-corrected chi connectivity index (χ4v) is 12.7. The molecule has 0 atom stereocenters. The molecule has 0 N–H and O–H groups in total. The van der Waals surface area contributed by atoms with Gasteiger partial charge in [0.15, 0.2) is 0 Å². The molecule has 0 unspecified atom stereocenters. The molecule has 0 spiro atoms. The molecule has 6 heteroatoms. The maximum atomic E-state index is 15.2. The molecular weight excluding hydrogens is 1030 g/mol. The van der Waals surface area contributed by atoms with Crippen molar-refractivity contribution in [1.82, 2.24) is 0 Å². The van der Waals surface area contributed by atoms with Crippen LogP contribution in [0.5, 0.6) is 11.5 Å². The highest BCUT2D eigenvalue weighted by Crippen LogP contribution is 2.41. The van der Waals surface area contributed by atoms with E-state index in [1.807, 2.05) is 30.3 Å². The van der Waals surface area contributed by atoms with Crippen molar-refractivity contribution in [2.24, 2.45) is 11.8 Å². The van der Waals surface area contributed by atoms with Gasteiger partial charge in [0.05, 0.1) is 11.1 Å². The van der Waals surface area contributed by atoms with E-state index in [-0.39, 0.29) is 34.6 Å². The molecule has 6 aromatic rings. The molecule has 6 aromatic carbocycles. The zero-order valence-corrected chi connectivity index (χ0v) is 51.3. The molecule has 2 fully saturated rings. The van der Waals surface area contributed by atoms with Gasteiger partial charge < -0.3 is 9.47 Å². The number of carbonyl (C=O) groups excluding carboxylic acids is 2. The lowest BCUT2D eigenvalue weighted by atomic mass is 9.76. The predicted molar refractivity (Wildman–Crippen MR) is 343 cm³/mol. The lowest BCUT2D eigenvalue weighted by Crippen LogP contribution is -2.15. The SMILES string of the molecule is CCCCCCCCC1CCC(c2ccc(C(=O)Oc3ccc(-c4ccc(CCCCC)cc4)cc3)cc2F)CC1.CCCCCCCCCC1CCC(c2ccc(C(=O)Oc3ccc(-c4ccc(CCCCC)cc4)cc3)cc2F)CC1. The van der Waals surface area contributed by atoms with Crippen molar-refractivity contribution < 1.29 is 27.8 Å². The number of unbranched alkanes of at least 4 members (excludes halogenated alkanes) is 15. The van der Waals surface area contributed by atoms with E-state index in [9.17, 15) is 9.59 Å². The van der Waals surface area contributed by atoms with Gasteiger partial charge in [0.2, 0.25) is 0 Å². The minimum Gasteiger partial charge on any atom is -0.423 e. The average Bonchev–Trinajstić information content (AvgIpc) is 3.61. The Morgan fingerprint density at radius 1 is 0.361 bits per heavy atom. The molecule has 0 amide bonds. The van der Waals surface area contributed by atoms with Crippen molar-refractivity contribution in [3.63, 3.8) is 0 Å². The summed E-state index contributed by atoms with van der Waals surface area (Å²) >= 11 is 0. The number of benzene rings is 6. The Hall–Kier alpha value is -5.88. The minimum absolute atomic E-state index is 0.248. The van der Waals surface area contributed by atoms with Crippen molar-refractivity contribution >= 4 is 11.9 Å². The molecule has 0 heterocycles. The number of hydrogen-bond acceptors (Lipinski definition) is 4. The highest BCUT2D eigenvalue weighted by Gasteiger charge is 2.27. The molecule has 0 aliphatic heterocycles. The Morgan fingerprint density at radius 2 is 0.663 bits per heavy atom. The summed E-state index contributed by atoms with van der Waals surface area (Å²) in [5.41, 5.74) is 9.15. The van der Waals surface area contributed by atoms with E-state index in [1.54, 1.807) is 42.5 Å². The summed E-state index contributed by atoms with van der Waals surface area (Å²) in [4.78, 5) is 25.6. The van der Waals surface area contributed by atoms with Crippen LogP contribution in [-0.2, 0) is 12.8 Å². The molecular formula is C77H100F2O4. The van der Waals surface area contributed by atoms with E-state index >= 15 is 8.78 Å². The van der Waals surface area contributed by atoms with Crippen LogP contribution >= 0.6 is 0 Å². The van der Waals surface area contributed by atoms with E-state index in [0.717, 1.165) is 83.7 Å². The first-order valence-electron chi connectivity index (χ1n) is 33.1. The number of carbonyl (C=O) groups is 2. The number of halogens is 2. The number of esters is 2. The van der Waals surface area contributed by atoms with Crippen molar-refractivity contribution in [2.75, 3.05) is 0 Å². The van der Waals surface area contributed by atoms with Gasteiger partial charge in [-0.3, -0.25) is 0 Å². The van der Waals surface area contributed by atoms with E-state index < -0.39 is 11.9 Å². The van der Waals surface area contributed by atoms with E-state index in [0.29, 0.717) is 11.5 Å². The summed E-state index contributed by atoms with van der Waals surface area (Å²) in [5, 5.41) is 0. The van der Waals surface area contributed by atoms with Gasteiger partial charge in [0.25, 0.3) is 0 Å². The van der Waals surface area contributed by atoms with Crippen LogP contribution in [0, 0.1) is 23.5 Å². The van der Waals surface area contributed by atoms with Gasteiger partial charge in [-0.05, 0) is 194 Å². The summed E-state index contributed by atoms with van der Waals surface area (Å²) in [5.74, 6) is 1.38. The number of ether oxygens (including phenoxy) is 2. The molecule has 4 nitrogen and oxygen atoms in total. The molecule has 2 aliphatic rings. The minimum atomic E-state index is -0.526. The second-order valence-electron chi connectivity index (χ2n) is 24.5. The Labute approximate surface area is 500 Å². The van der Waals surface area contributed by atoms with Gasteiger partial charge in [-0.25, -0.2) is 18.4 Å². The molecule has 0 radical (unpaired) electrons. The smallest absolute Gasteiger partial charge is 0.343 e. The summed E-state index contributed by atoms with van der Waals surface area (Å²) in [7, 11) is 0. The van der Waals surface area contributed by atoms with Crippen LogP contribution in [0.3, 0.4) is 0 Å². The first kappa shape index (κ1) is 64.7. The number of rotatable bonds is 31. The first-order chi connectivity index (χ1) is 40.6. The van der Waals surface area contributed by atoms with Gasteiger partial charge in [-0.15, -0.1) is 0 Å². The van der Waals surface area contributed by atoms with Crippen LogP contribution in [0.2, 0.25) is 0 Å². The zero-order valence-electron chi connectivity index (χ0n) is 51.3. The summed E-state index contributed by atoms with van der Waals surface area (Å²) in [6.45, 7) is 8.97. The fourth-order valence-electron chi connectivity index (χ4n) is 12.7.